The van der Waals surface area contributed by atoms with E-state index < -0.39 is 0 Å². The maximum Gasteiger partial charge on any atom is 0.119 e. The predicted molar refractivity (Wildman–Crippen MR) is 98.6 cm³/mol. The van der Waals surface area contributed by atoms with Crippen LogP contribution < -0.4 is 4.74 Å². The summed E-state index contributed by atoms with van der Waals surface area (Å²) in [6.07, 6.45) is 7.77. The molecule has 0 saturated heterocycles. The van der Waals surface area contributed by atoms with E-state index in [1.165, 1.54) is 27.8 Å². The van der Waals surface area contributed by atoms with Crippen LogP contribution >= 0.6 is 0 Å². The summed E-state index contributed by atoms with van der Waals surface area (Å²) >= 11 is 0. The van der Waals surface area contributed by atoms with Crippen molar-refractivity contribution in [2.45, 2.75) is 6.42 Å². The molecule has 2 aromatic rings. The largest absolute Gasteiger partial charge is 0.497 e. The van der Waals surface area contributed by atoms with Gasteiger partial charge in [0.2, 0.25) is 0 Å². The number of benzene rings is 2. The molecule has 1 aliphatic rings. The van der Waals surface area contributed by atoms with Gasteiger partial charge in [-0.3, -0.25) is 0 Å². The van der Waals surface area contributed by atoms with E-state index in [4.69, 9.17) is 4.74 Å². The first-order valence-corrected chi connectivity index (χ1v) is 8.00. The molecule has 0 spiro atoms. The summed E-state index contributed by atoms with van der Waals surface area (Å²) in [6.45, 7) is 1.04. The van der Waals surface area contributed by atoms with Crippen molar-refractivity contribution >= 4 is 17.7 Å². The molecule has 0 aromatic heterocycles. The van der Waals surface area contributed by atoms with E-state index in [1.54, 1.807) is 7.11 Å². The van der Waals surface area contributed by atoms with Crippen LogP contribution in [0.1, 0.15) is 28.7 Å². The van der Waals surface area contributed by atoms with Gasteiger partial charge in [-0.05, 0) is 60.5 Å². The van der Waals surface area contributed by atoms with Crippen LogP contribution in [0.4, 0.5) is 0 Å². The maximum atomic E-state index is 5.44. The Hall–Kier alpha value is -2.32. The van der Waals surface area contributed by atoms with Gasteiger partial charge in [0.05, 0.1) is 7.11 Å². The molecule has 0 aliphatic heterocycles. The number of hydrogen-bond acceptors (Lipinski definition) is 2. The van der Waals surface area contributed by atoms with Crippen LogP contribution in [0.15, 0.2) is 48.5 Å². The van der Waals surface area contributed by atoms with E-state index in [9.17, 15) is 0 Å². The van der Waals surface area contributed by atoms with Crippen LogP contribution in [-0.2, 0) is 0 Å². The van der Waals surface area contributed by atoms with Gasteiger partial charge in [0.15, 0.2) is 0 Å². The van der Waals surface area contributed by atoms with Crippen LogP contribution in [0.2, 0.25) is 0 Å². The van der Waals surface area contributed by atoms with Crippen LogP contribution in [-0.4, -0.2) is 32.6 Å². The Bertz CT molecular complexity index is 756. The van der Waals surface area contributed by atoms with Gasteiger partial charge in [0.1, 0.15) is 5.75 Å². The molecule has 0 N–H and O–H groups in total. The number of fused-ring (bicyclic) bond motifs is 2. The number of rotatable bonds is 4. The third-order valence-corrected chi connectivity index (χ3v) is 4.17. The molecule has 2 aromatic carbocycles. The molecule has 0 bridgehead atoms. The quantitative estimate of drug-likeness (QED) is 0.700. The Morgan fingerprint density at radius 3 is 2.43 bits per heavy atom. The van der Waals surface area contributed by atoms with E-state index in [2.05, 4.69) is 73.6 Å². The Morgan fingerprint density at radius 1 is 0.957 bits per heavy atom. The summed E-state index contributed by atoms with van der Waals surface area (Å²) in [4.78, 5) is 2.21. The summed E-state index contributed by atoms with van der Waals surface area (Å²) < 4.78 is 5.44. The number of ether oxygens (including phenoxy) is 1. The lowest BCUT2D eigenvalue weighted by Crippen LogP contribution is -2.12. The molecule has 0 atom stereocenters. The van der Waals surface area contributed by atoms with E-state index in [0.29, 0.717) is 0 Å². The van der Waals surface area contributed by atoms with Gasteiger partial charge in [-0.1, -0.05) is 48.6 Å². The van der Waals surface area contributed by atoms with Gasteiger partial charge in [0, 0.05) is 6.54 Å². The number of hydrogen-bond donors (Lipinski definition) is 0. The minimum absolute atomic E-state index is 0.898. The van der Waals surface area contributed by atoms with Crippen LogP contribution in [0.3, 0.4) is 0 Å². The van der Waals surface area contributed by atoms with Crippen LogP contribution in [0.25, 0.3) is 17.7 Å². The summed E-state index contributed by atoms with van der Waals surface area (Å²) in [5.74, 6) is 0.898. The Balaban J connectivity index is 2.13. The lowest BCUT2D eigenvalue weighted by Gasteiger charge is -2.14. The molecule has 0 radical (unpaired) electrons. The van der Waals surface area contributed by atoms with Gasteiger partial charge in [0.25, 0.3) is 0 Å². The molecule has 3 rings (SSSR count). The van der Waals surface area contributed by atoms with Crippen molar-refractivity contribution < 1.29 is 4.74 Å². The zero-order valence-electron chi connectivity index (χ0n) is 14.0. The van der Waals surface area contributed by atoms with E-state index >= 15 is 0 Å². The third-order valence-electron chi connectivity index (χ3n) is 4.17. The molecule has 118 valence electrons. The van der Waals surface area contributed by atoms with E-state index in [0.717, 1.165) is 18.7 Å². The van der Waals surface area contributed by atoms with Gasteiger partial charge < -0.3 is 9.64 Å². The third kappa shape index (κ3) is 3.38. The van der Waals surface area contributed by atoms with Gasteiger partial charge in [-0.15, -0.1) is 0 Å². The molecule has 0 saturated carbocycles. The topological polar surface area (TPSA) is 12.5 Å². The van der Waals surface area contributed by atoms with Crippen LogP contribution in [0.5, 0.6) is 5.75 Å². The molecule has 0 amide bonds. The molecule has 2 heteroatoms. The minimum Gasteiger partial charge on any atom is -0.497 e. The smallest absolute Gasteiger partial charge is 0.119 e. The van der Waals surface area contributed by atoms with Crippen molar-refractivity contribution in [1.29, 1.82) is 0 Å². The Kier molecular flexibility index (Phi) is 4.63. The second-order valence-corrected chi connectivity index (χ2v) is 6.08. The SMILES string of the molecule is COc1ccc2c(c1)/C(=C\CCN(C)C)c1ccccc1C=C2. The van der Waals surface area contributed by atoms with Crippen molar-refractivity contribution in [2.24, 2.45) is 0 Å². The second-order valence-electron chi connectivity index (χ2n) is 6.08. The zero-order chi connectivity index (χ0) is 16.2. The molecule has 0 heterocycles. The lowest BCUT2D eigenvalue weighted by molar-refractivity contribution is 0.414. The second kappa shape index (κ2) is 6.84. The van der Waals surface area contributed by atoms with Crippen LogP contribution in [0, 0.1) is 0 Å². The van der Waals surface area contributed by atoms with Crippen molar-refractivity contribution in [3.63, 3.8) is 0 Å². The highest BCUT2D eigenvalue weighted by Crippen LogP contribution is 2.35. The lowest BCUT2D eigenvalue weighted by atomic mass is 9.92. The average molecular weight is 305 g/mol. The van der Waals surface area contributed by atoms with Crippen molar-refractivity contribution in [3.05, 3.63) is 70.8 Å². The Morgan fingerprint density at radius 2 is 1.70 bits per heavy atom. The highest BCUT2D eigenvalue weighted by molar-refractivity contribution is 5.94. The Labute approximate surface area is 138 Å². The monoisotopic (exact) mass is 305 g/mol. The molecule has 0 unspecified atom stereocenters. The van der Waals surface area contributed by atoms with Gasteiger partial charge >= 0.3 is 0 Å². The summed E-state index contributed by atoms with van der Waals surface area (Å²) in [5.41, 5.74) is 6.32. The normalized spacial score (nSPS) is 14.5. The highest BCUT2D eigenvalue weighted by atomic mass is 16.5. The fourth-order valence-corrected chi connectivity index (χ4v) is 2.94. The fourth-order valence-electron chi connectivity index (χ4n) is 2.94. The molecule has 0 fully saturated rings. The molecule has 23 heavy (non-hydrogen) atoms. The molecule has 2 nitrogen and oxygen atoms in total. The number of nitrogens with zero attached hydrogens (tertiary/aromatic N) is 1. The van der Waals surface area contributed by atoms with Crippen molar-refractivity contribution in [1.82, 2.24) is 4.90 Å². The van der Waals surface area contributed by atoms with Gasteiger partial charge in [-0.25, -0.2) is 0 Å². The first-order valence-electron chi connectivity index (χ1n) is 8.00. The standard InChI is InChI=1S/C21H23NO/c1-22(2)14-6-9-20-19-8-5-4-7-16(19)10-11-17-12-13-18(23-3)15-21(17)20/h4-5,7-13,15H,6,14H2,1-3H3/b20-9-. The summed E-state index contributed by atoms with van der Waals surface area (Å²) in [6, 6.07) is 14.9. The zero-order valence-corrected chi connectivity index (χ0v) is 14.0. The van der Waals surface area contributed by atoms with Crippen molar-refractivity contribution in [3.8, 4) is 5.75 Å². The average Bonchev–Trinajstić information content (AvgIpc) is 2.71. The minimum atomic E-state index is 0.898. The first-order chi connectivity index (χ1) is 11.2. The summed E-state index contributed by atoms with van der Waals surface area (Å²) in [5, 5.41) is 0. The summed E-state index contributed by atoms with van der Waals surface area (Å²) in [7, 11) is 5.94. The predicted octanol–water partition coefficient (Wildman–Crippen LogP) is 4.56. The van der Waals surface area contributed by atoms with E-state index in [-0.39, 0.29) is 0 Å². The van der Waals surface area contributed by atoms with Crippen molar-refractivity contribution in [2.75, 3.05) is 27.7 Å². The molecular weight excluding hydrogens is 282 g/mol. The van der Waals surface area contributed by atoms with E-state index in [1.807, 2.05) is 6.07 Å². The first kappa shape index (κ1) is 15.6. The molecule has 1 aliphatic carbocycles. The fraction of sp³-hybridized carbons (Fsp3) is 0.238. The maximum absolute atomic E-state index is 5.44. The van der Waals surface area contributed by atoms with Gasteiger partial charge in [-0.2, -0.15) is 0 Å². The molecular formula is C21H23NO. The highest BCUT2D eigenvalue weighted by Gasteiger charge is 2.15. The number of methoxy groups -OCH3 is 1.